The van der Waals surface area contributed by atoms with E-state index in [4.69, 9.17) is 0 Å². The van der Waals surface area contributed by atoms with Gasteiger partial charge in [-0.3, -0.25) is 0 Å². The van der Waals surface area contributed by atoms with Crippen molar-refractivity contribution in [3.63, 3.8) is 0 Å². The lowest BCUT2D eigenvalue weighted by molar-refractivity contribution is 0.737. The van der Waals surface area contributed by atoms with E-state index in [0.29, 0.717) is 0 Å². The van der Waals surface area contributed by atoms with Crippen molar-refractivity contribution in [2.75, 3.05) is 0 Å². The van der Waals surface area contributed by atoms with Crippen LogP contribution in [0.4, 0.5) is 0 Å². The van der Waals surface area contributed by atoms with Crippen molar-refractivity contribution in [3.8, 4) is 0 Å². The van der Waals surface area contributed by atoms with E-state index in [2.05, 4.69) is 118 Å². The summed E-state index contributed by atoms with van der Waals surface area (Å²) in [7, 11) is 0. The summed E-state index contributed by atoms with van der Waals surface area (Å²) in [5.74, 6) is 0.833. The molecule has 0 spiro atoms. The molecule has 0 fully saturated rings. The maximum absolute atomic E-state index is 2.17. The van der Waals surface area contributed by atoms with Gasteiger partial charge in [0, 0.05) is 0 Å². The molecule has 0 aliphatic heterocycles. The molecule has 0 saturated heterocycles. The van der Waals surface area contributed by atoms with E-state index >= 15 is 0 Å². The van der Waals surface area contributed by atoms with Crippen molar-refractivity contribution in [1.29, 1.82) is 0 Å². The van der Waals surface area contributed by atoms with Crippen molar-refractivity contribution in [3.05, 3.63) is 0 Å². The molecule has 0 radical (unpaired) electrons. The molecule has 0 heteroatoms. The van der Waals surface area contributed by atoms with Gasteiger partial charge in [0.25, 0.3) is 0 Å². The molecular weight excluding hydrogens is 492 g/mol. The van der Waals surface area contributed by atoms with Crippen molar-refractivity contribution >= 4 is 0 Å². The van der Waals surface area contributed by atoms with Crippen LogP contribution in [0, 0.1) is 5.92 Å². The zero-order chi connectivity index (χ0) is 38.5. The molecule has 0 unspecified atom stereocenters. The molecule has 0 nitrogen and oxygen atoms in total. The minimum absolute atomic E-state index is 0.833. The predicted octanol–water partition coefficient (Wildman–Crippen LogP) is 19.8. The molecule has 0 atom stereocenters. The zero-order valence-electron chi connectivity index (χ0n) is 38.5. The van der Waals surface area contributed by atoms with E-state index in [9.17, 15) is 0 Å². The summed E-state index contributed by atoms with van der Waals surface area (Å²) in [6.07, 6.45) is 8.75. The van der Waals surface area contributed by atoms with Crippen molar-refractivity contribution in [1.82, 2.24) is 0 Å². The molecule has 0 aromatic rings. The number of hydrogen-bond acceptors (Lipinski definition) is 0. The van der Waals surface area contributed by atoms with Crippen molar-refractivity contribution in [2.45, 2.75) is 273 Å². The molecule has 0 rings (SSSR count). The van der Waals surface area contributed by atoms with Gasteiger partial charge in [0.2, 0.25) is 0 Å². The third-order valence-corrected chi connectivity index (χ3v) is 0. The summed E-state index contributed by atoms with van der Waals surface area (Å²) in [6.45, 7) is 68.2. The molecule has 0 aliphatic carbocycles. The molecular formula is C41H114. The van der Waals surface area contributed by atoms with Crippen LogP contribution in [-0.2, 0) is 0 Å². The van der Waals surface area contributed by atoms with Gasteiger partial charge in [-0.1, -0.05) is 273 Å². The van der Waals surface area contributed by atoms with Crippen molar-refractivity contribution in [2.24, 2.45) is 5.92 Å². The molecule has 41 heavy (non-hydrogen) atoms. The Kier molecular flexibility index (Phi) is 1560. The second-order valence-electron chi connectivity index (χ2n) is 6.68. The Bertz CT molecular complexity index is 42.0. The molecule has 0 N–H and O–H groups in total. The van der Waals surface area contributed by atoms with Gasteiger partial charge < -0.3 is 0 Å². The summed E-state index contributed by atoms with van der Waals surface area (Å²) < 4.78 is 0. The standard InChI is InChI=1S/C4H10.7C3H8.8C2H6/c1-4(2)3;7*1-3-2;8*1-2/h4H,1-3H3;7*3H2,1-2H3;8*1-2H3. The van der Waals surface area contributed by atoms with Crippen LogP contribution < -0.4 is 0 Å². The van der Waals surface area contributed by atoms with Gasteiger partial charge in [0.15, 0.2) is 0 Å². The van der Waals surface area contributed by atoms with Crippen molar-refractivity contribution < 1.29 is 0 Å². The molecule has 0 heterocycles. The maximum atomic E-state index is 2.17. The van der Waals surface area contributed by atoms with E-state index in [-0.39, 0.29) is 0 Å². The quantitative estimate of drug-likeness (QED) is 0.257. The van der Waals surface area contributed by atoms with Gasteiger partial charge in [-0.25, -0.2) is 0 Å². The first-order valence-corrected chi connectivity index (χ1v) is 19.6. The smallest absolute Gasteiger partial charge is 0.0500 e. The van der Waals surface area contributed by atoms with E-state index in [1.165, 1.54) is 44.9 Å². The first-order valence-electron chi connectivity index (χ1n) is 19.6. The minimum Gasteiger partial charge on any atom is -0.0683 e. The number of hydrogen-bond donors (Lipinski definition) is 0. The monoisotopic (exact) mass is 607 g/mol. The molecule has 0 aromatic heterocycles. The summed E-state index contributed by atoms with van der Waals surface area (Å²) >= 11 is 0. The van der Waals surface area contributed by atoms with Gasteiger partial charge in [0.1, 0.15) is 0 Å². The lowest BCUT2D eigenvalue weighted by Gasteiger charge is -1.79. The molecule has 0 aliphatic rings. The Balaban J connectivity index is -0.0000000117. The Morgan fingerprint density at radius 2 is 0.195 bits per heavy atom. The second kappa shape index (κ2) is 608. The summed E-state index contributed by atoms with van der Waals surface area (Å²) in [4.78, 5) is 0. The van der Waals surface area contributed by atoms with E-state index in [1.54, 1.807) is 0 Å². The van der Waals surface area contributed by atoms with Crippen LogP contribution in [0.25, 0.3) is 0 Å². The van der Waals surface area contributed by atoms with E-state index in [1.807, 2.05) is 111 Å². The van der Waals surface area contributed by atoms with Gasteiger partial charge in [-0.05, 0) is 5.92 Å². The Morgan fingerprint density at radius 3 is 0.195 bits per heavy atom. The fourth-order valence-corrected chi connectivity index (χ4v) is 0. The first kappa shape index (κ1) is 105. The van der Waals surface area contributed by atoms with Gasteiger partial charge >= 0.3 is 0 Å². The van der Waals surface area contributed by atoms with Crippen LogP contribution in [0.5, 0.6) is 0 Å². The van der Waals surface area contributed by atoms with E-state index in [0.717, 1.165) is 5.92 Å². The summed E-state index contributed by atoms with van der Waals surface area (Å²) in [6, 6.07) is 0. The molecule has 278 valence electrons. The third kappa shape index (κ3) is 0. The van der Waals surface area contributed by atoms with Crippen LogP contribution in [0.15, 0.2) is 0 Å². The average Bonchev–Trinajstić information content (AvgIpc) is 3.00. The molecule has 0 amide bonds. The Labute approximate surface area is 278 Å². The van der Waals surface area contributed by atoms with Crippen LogP contribution in [-0.4, -0.2) is 0 Å². The Morgan fingerprint density at radius 1 is 0.195 bits per heavy atom. The molecule has 0 saturated carbocycles. The topological polar surface area (TPSA) is 0 Å². The third-order valence-electron chi connectivity index (χ3n) is 0. The lowest BCUT2D eigenvalue weighted by Crippen LogP contribution is -1.66. The fraction of sp³-hybridized carbons (Fsp3) is 1.00. The fourth-order valence-electron chi connectivity index (χ4n) is 0. The highest BCUT2D eigenvalue weighted by Gasteiger charge is 1.68. The largest absolute Gasteiger partial charge is 0.0683 e. The zero-order valence-corrected chi connectivity index (χ0v) is 38.5. The highest BCUT2D eigenvalue weighted by Crippen LogP contribution is 1.81. The first-order chi connectivity index (χ1) is 19.6. The van der Waals surface area contributed by atoms with E-state index < -0.39 is 0 Å². The second-order valence-corrected chi connectivity index (χ2v) is 6.68. The predicted molar refractivity (Wildman–Crippen MR) is 223 cm³/mol. The molecule has 0 bridgehead atoms. The highest BCUT2D eigenvalue weighted by molar-refractivity contribution is 4.20. The normalized spacial score (nSPS) is 5.12. The Hall–Kier alpha value is 0. The van der Waals surface area contributed by atoms with Crippen LogP contribution >= 0.6 is 0 Å². The molecule has 0 aromatic carbocycles. The van der Waals surface area contributed by atoms with Gasteiger partial charge in [-0.2, -0.15) is 0 Å². The highest BCUT2D eigenvalue weighted by atomic mass is 13.7. The van der Waals surface area contributed by atoms with Gasteiger partial charge in [0.05, 0.1) is 0 Å². The van der Waals surface area contributed by atoms with Gasteiger partial charge in [-0.15, -0.1) is 0 Å². The lowest BCUT2D eigenvalue weighted by atomic mass is 10.3. The number of rotatable bonds is 0. The van der Waals surface area contributed by atoms with Crippen LogP contribution in [0.1, 0.15) is 273 Å². The summed E-state index contributed by atoms with van der Waals surface area (Å²) in [5, 5.41) is 0. The SMILES string of the molecule is CC.CC.CC.CC.CC.CC.CC.CC.CC(C)C.CCC.CCC.CCC.CCC.CCC.CCC.CCC. The average molecular weight is 607 g/mol. The summed E-state index contributed by atoms with van der Waals surface area (Å²) in [5.41, 5.74) is 0. The van der Waals surface area contributed by atoms with Crippen LogP contribution in [0.2, 0.25) is 0 Å². The van der Waals surface area contributed by atoms with Crippen LogP contribution in [0.3, 0.4) is 0 Å². The maximum Gasteiger partial charge on any atom is -0.0500 e. The minimum atomic E-state index is 0.833.